The Morgan fingerprint density at radius 1 is 0.327 bits per heavy atom. The molecule has 0 amide bonds. The van der Waals surface area contributed by atoms with E-state index in [-0.39, 0.29) is 56.2 Å². The standard InChI is InChI=1S/C84H116O20/c1-3-77(85)97-59-21-9-5-17-57-95-73-45-37-69(38-46-73)83(91)103-75-49-33-67(34-50-75)65-29-41-71(42-30-65)93-55-19-7-11-23-61-99-79(87)27-15-13-25-63-101-81(89)53-54-82(90)102-64-26-14-16-28-80(88)100-62-24-12-8-20-56-94-72-43-31-66(32-44-72)68-35-51-76(52-36-68)104-84(92)70-39-47-74(48-40-70)96-58-18-6-10-22-60-98-78(86)4-2/h3-4,33-35,37-40,45-51,65-66,71-72H,1-2,5-32,36,41-44,52-64H2. The number of hydrogen-bond donors (Lipinski definition) is 0. The number of esters is 8. The van der Waals surface area contributed by atoms with Gasteiger partial charge in [0.1, 0.15) is 23.0 Å². The number of carbonyl (C=O) groups is 8. The molecule has 0 aromatic heterocycles. The van der Waals surface area contributed by atoms with Crippen LogP contribution in [0.5, 0.6) is 17.2 Å². The van der Waals surface area contributed by atoms with Crippen molar-refractivity contribution in [2.75, 3.05) is 66.1 Å². The van der Waals surface area contributed by atoms with Crippen LogP contribution in [0.25, 0.3) is 0 Å². The normalized spacial score (nSPS) is 16.3. The van der Waals surface area contributed by atoms with Crippen molar-refractivity contribution in [2.24, 2.45) is 5.92 Å². The second-order valence-corrected chi connectivity index (χ2v) is 27.1. The molecule has 572 valence electrons. The summed E-state index contributed by atoms with van der Waals surface area (Å²) in [6.07, 6.45) is 36.0. The molecule has 20 nitrogen and oxygen atoms in total. The SMILES string of the molecule is C=CC(=O)OCCCCCCOc1ccc(C(=O)OC2=CC=C(C3CCC(OCCCCCCOC(=O)CCCCCOC(=O)CCC(=O)OCCCCCC(=O)OCCCCCCOC4CCC(c5ccc(OC(=O)c6ccc(OCCCCCCOC(=O)C=C)cc6)cc5)CC4)CC3)CC2)cc1. The van der Waals surface area contributed by atoms with Crippen molar-refractivity contribution in [3.05, 3.63) is 138 Å². The molecular weight excluding hydrogens is 1330 g/mol. The van der Waals surface area contributed by atoms with E-state index in [2.05, 4.69) is 31.4 Å². The van der Waals surface area contributed by atoms with Crippen molar-refractivity contribution in [2.45, 2.75) is 249 Å². The first-order valence-corrected chi connectivity index (χ1v) is 38.7. The molecule has 0 aliphatic heterocycles. The van der Waals surface area contributed by atoms with Gasteiger partial charge in [-0.25, -0.2) is 19.2 Å². The summed E-state index contributed by atoms with van der Waals surface area (Å²) < 4.78 is 66.9. The van der Waals surface area contributed by atoms with Gasteiger partial charge >= 0.3 is 47.8 Å². The summed E-state index contributed by atoms with van der Waals surface area (Å²) in [6.45, 7) is 11.4. The topological polar surface area (TPSA) is 247 Å². The van der Waals surface area contributed by atoms with E-state index in [1.165, 1.54) is 17.2 Å². The lowest BCUT2D eigenvalue weighted by Gasteiger charge is -2.31. The van der Waals surface area contributed by atoms with Crippen LogP contribution in [0.1, 0.15) is 263 Å². The highest BCUT2D eigenvalue weighted by Crippen LogP contribution is 2.37. The van der Waals surface area contributed by atoms with Gasteiger partial charge in [0.15, 0.2) is 0 Å². The molecule has 20 heteroatoms. The molecule has 0 saturated heterocycles. The number of allylic oxidation sites excluding steroid dienone is 4. The molecule has 3 aromatic carbocycles. The van der Waals surface area contributed by atoms with Crippen LogP contribution in [0.15, 0.2) is 122 Å². The smallest absolute Gasteiger partial charge is 0.343 e. The first-order valence-electron chi connectivity index (χ1n) is 38.7. The Kier molecular flexibility index (Phi) is 43.1. The molecule has 3 aliphatic carbocycles. The molecule has 2 saturated carbocycles. The third kappa shape index (κ3) is 37.6. The maximum atomic E-state index is 12.9. The van der Waals surface area contributed by atoms with E-state index in [4.69, 9.17) is 56.8 Å². The fourth-order valence-corrected chi connectivity index (χ4v) is 12.7. The van der Waals surface area contributed by atoms with Gasteiger partial charge in [-0.3, -0.25) is 19.2 Å². The van der Waals surface area contributed by atoms with E-state index in [1.807, 2.05) is 18.2 Å². The average molecular weight is 1450 g/mol. The Balaban J connectivity index is 0.634. The predicted octanol–water partition coefficient (Wildman–Crippen LogP) is 17.5. The molecule has 0 N–H and O–H groups in total. The number of rotatable bonds is 55. The van der Waals surface area contributed by atoms with Crippen molar-refractivity contribution in [3.63, 3.8) is 0 Å². The van der Waals surface area contributed by atoms with Gasteiger partial charge in [-0.1, -0.05) is 49.8 Å². The molecule has 0 spiro atoms. The number of benzene rings is 3. The number of hydrogen-bond acceptors (Lipinski definition) is 20. The highest BCUT2D eigenvalue weighted by Gasteiger charge is 2.27. The van der Waals surface area contributed by atoms with Crippen LogP contribution in [-0.2, 0) is 71.4 Å². The van der Waals surface area contributed by atoms with Crippen molar-refractivity contribution < 1.29 is 95.2 Å². The average Bonchev–Trinajstić information content (AvgIpc) is 0.855. The van der Waals surface area contributed by atoms with E-state index < -0.39 is 29.8 Å². The monoisotopic (exact) mass is 1440 g/mol. The van der Waals surface area contributed by atoms with Crippen molar-refractivity contribution >= 4 is 47.8 Å². The van der Waals surface area contributed by atoms with Crippen molar-refractivity contribution in [1.82, 2.24) is 0 Å². The molecule has 0 bridgehead atoms. The zero-order valence-corrected chi connectivity index (χ0v) is 61.7. The van der Waals surface area contributed by atoms with Crippen molar-refractivity contribution in [3.8, 4) is 17.2 Å². The molecule has 3 aromatic rings. The van der Waals surface area contributed by atoms with E-state index in [1.54, 1.807) is 48.5 Å². The van der Waals surface area contributed by atoms with Gasteiger partial charge in [-0.05, 0) is 270 Å². The number of carbonyl (C=O) groups excluding carboxylic acids is 8. The molecule has 0 radical (unpaired) electrons. The van der Waals surface area contributed by atoms with Crippen LogP contribution in [0, 0.1) is 5.92 Å². The molecule has 6 rings (SSSR count). The lowest BCUT2D eigenvalue weighted by molar-refractivity contribution is -0.150. The Labute approximate surface area is 617 Å². The second-order valence-electron chi connectivity index (χ2n) is 27.1. The third-order valence-corrected chi connectivity index (χ3v) is 18.8. The molecular formula is C84H116O20. The first kappa shape index (κ1) is 84.8. The van der Waals surface area contributed by atoms with Crippen LogP contribution in [0.4, 0.5) is 0 Å². The van der Waals surface area contributed by atoms with Crippen LogP contribution >= 0.6 is 0 Å². The molecule has 0 atom stereocenters. The fraction of sp³-hybridized carbons (Fsp3) is 0.595. The van der Waals surface area contributed by atoms with Crippen LogP contribution in [0.2, 0.25) is 0 Å². The largest absolute Gasteiger partial charge is 0.494 e. The Hall–Kier alpha value is -8.10. The van der Waals surface area contributed by atoms with Gasteiger partial charge in [-0.15, -0.1) is 0 Å². The van der Waals surface area contributed by atoms with Crippen LogP contribution in [-0.4, -0.2) is 126 Å². The van der Waals surface area contributed by atoms with Crippen LogP contribution < -0.4 is 14.2 Å². The minimum atomic E-state index is -0.463. The van der Waals surface area contributed by atoms with Crippen LogP contribution in [0.3, 0.4) is 0 Å². The second kappa shape index (κ2) is 52.8. The summed E-state index contributed by atoms with van der Waals surface area (Å²) in [5, 5.41) is 0. The first-order chi connectivity index (χ1) is 50.8. The highest BCUT2D eigenvalue weighted by atomic mass is 16.6. The van der Waals surface area contributed by atoms with E-state index in [0.29, 0.717) is 143 Å². The number of unbranched alkanes of at least 4 members (excludes halogenated alkanes) is 16. The van der Waals surface area contributed by atoms with E-state index >= 15 is 0 Å². The Morgan fingerprint density at radius 2 is 0.673 bits per heavy atom. The maximum Gasteiger partial charge on any atom is 0.343 e. The molecule has 3 aliphatic rings. The summed E-state index contributed by atoms with van der Waals surface area (Å²) in [6, 6.07) is 21.8. The van der Waals surface area contributed by atoms with Gasteiger partial charge < -0.3 is 56.8 Å². The van der Waals surface area contributed by atoms with Gasteiger partial charge in [0.2, 0.25) is 0 Å². The molecule has 2 fully saturated rings. The lowest BCUT2D eigenvalue weighted by atomic mass is 9.79. The zero-order valence-electron chi connectivity index (χ0n) is 61.7. The van der Waals surface area contributed by atoms with E-state index in [0.717, 1.165) is 180 Å². The van der Waals surface area contributed by atoms with Gasteiger partial charge in [0.25, 0.3) is 0 Å². The summed E-state index contributed by atoms with van der Waals surface area (Å²) in [5.74, 6) is 0.582. The van der Waals surface area contributed by atoms with Gasteiger partial charge in [-0.2, -0.15) is 0 Å². The molecule has 0 heterocycles. The lowest BCUT2D eigenvalue weighted by Crippen LogP contribution is -2.23. The quantitative estimate of drug-likeness (QED) is 0.0167. The summed E-state index contributed by atoms with van der Waals surface area (Å²) in [4.78, 5) is 96.8. The molecule has 104 heavy (non-hydrogen) atoms. The summed E-state index contributed by atoms with van der Waals surface area (Å²) >= 11 is 0. The fourth-order valence-electron chi connectivity index (χ4n) is 12.7. The van der Waals surface area contributed by atoms with E-state index in [9.17, 15) is 38.4 Å². The van der Waals surface area contributed by atoms with Gasteiger partial charge in [0.05, 0.1) is 89.0 Å². The zero-order chi connectivity index (χ0) is 73.9. The predicted molar refractivity (Wildman–Crippen MR) is 395 cm³/mol. The minimum absolute atomic E-state index is 0.0608. The highest BCUT2D eigenvalue weighted by molar-refractivity contribution is 5.91. The van der Waals surface area contributed by atoms with Crippen molar-refractivity contribution in [1.29, 1.82) is 0 Å². The minimum Gasteiger partial charge on any atom is -0.494 e. The third-order valence-electron chi connectivity index (χ3n) is 18.8. The summed E-state index contributed by atoms with van der Waals surface area (Å²) in [7, 11) is 0. The molecule has 0 unspecified atom stereocenters. The number of ether oxygens (including phenoxy) is 12. The maximum absolute atomic E-state index is 12.9. The Morgan fingerprint density at radius 3 is 1.07 bits per heavy atom. The Bertz CT molecular complexity index is 3060. The summed E-state index contributed by atoms with van der Waals surface area (Å²) in [5.41, 5.74) is 3.58. The van der Waals surface area contributed by atoms with Gasteiger partial charge in [0, 0.05) is 44.6 Å².